The van der Waals surface area contributed by atoms with Crippen LogP contribution in [0.15, 0.2) is 58.3 Å². The molecule has 0 unspecified atom stereocenters. The van der Waals surface area contributed by atoms with E-state index in [1.54, 1.807) is 55.6 Å². The maximum Gasteiger partial charge on any atom is 0.206 e. The molecule has 108 valence electrons. The van der Waals surface area contributed by atoms with Crippen LogP contribution in [0.25, 0.3) is 0 Å². The number of benzene rings is 2. The molecule has 0 aromatic heterocycles. The van der Waals surface area contributed by atoms with Gasteiger partial charge in [-0.05, 0) is 43.3 Å². The summed E-state index contributed by atoms with van der Waals surface area (Å²) in [7, 11) is -1.89. The van der Waals surface area contributed by atoms with Gasteiger partial charge in [0.1, 0.15) is 5.75 Å². The fourth-order valence-electron chi connectivity index (χ4n) is 1.61. The van der Waals surface area contributed by atoms with E-state index in [1.165, 1.54) is 0 Å². The largest absolute Gasteiger partial charge is 0.497 e. The highest BCUT2D eigenvalue weighted by Gasteiger charge is 2.16. The molecule has 0 radical (unpaired) electrons. The molecule has 0 amide bonds. The van der Waals surface area contributed by atoms with Crippen molar-refractivity contribution >= 4 is 9.84 Å². The third-order valence-electron chi connectivity index (χ3n) is 2.70. The first-order valence-electron chi connectivity index (χ1n) is 6.50. The summed E-state index contributed by atoms with van der Waals surface area (Å²) in [6, 6.07) is 13.2. The minimum atomic E-state index is -3.44. The predicted molar refractivity (Wildman–Crippen MR) is 81.0 cm³/mol. The van der Waals surface area contributed by atoms with Crippen LogP contribution in [0.2, 0.25) is 0 Å². The van der Waals surface area contributed by atoms with Crippen LogP contribution in [0.1, 0.15) is 19.4 Å². The lowest BCUT2D eigenvalue weighted by Gasteiger charge is -2.06. The molecule has 0 N–H and O–H groups in total. The average molecular weight is 292 g/mol. The van der Waals surface area contributed by atoms with Gasteiger partial charge in [-0.1, -0.05) is 31.5 Å². The van der Waals surface area contributed by atoms with E-state index in [4.69, 9.17) is 4.74 Å². The molecule has 20 heavy (non-hydrogen) atoms. The second-order valence-corrected chi connectivity index (χ2v) is 5.94. The van der Waals surface area contributed by atoms with Gasteiger partial charge in [0.25, 0.3) is 0 Å². The standard InChI is InChI=1S/C14H14O3S.C2H6/c1-11-3-7-13(8-4-11)18(15,16)14-9-5-12(17-2)6-10-14;1-2/h3-10H,1-2H3;1-2H3. The van der Waals surface area contributed by atoms with Crippen molar-refractivity contribution < 1.29 is 13.2 Å². The van der Waals surface area contributed by atoms with Gasteiger partial charge < -0.3 is 4.74 Å². The number of sulfone groups is 1. The molecule has 0 spiro atoms. The topological polar surface area (TPSA) is 43.4 Å². The van der Waals surface area contributed by atoms with Gasteiger partial charge in [0.2, 0.25) is 9.84 Å². The van der Waals surface area contributed by atoms with E-state index >= 15 is 0 Å². The van der Waals surface area contributed by atoms with Gasteiger partial charge in [0.15, 0.2) is 0 Å². The minimum absolute atomic E-state index is 0.271. The van der Waals surface area contributed by atoms with Crippen LogP contribution in [0.5, 0.6) is 5.75 Å². The van der Waals surface area contributed by atoms with Gasteiger partial charge in [-0.25, -0.2) is 8.42 Å². The molecule has 0 aliphatic rings. The quantitative estimate of drug-likeness (QED) is 0.862. The average Bonchev–Trinajstić information content (AvgIpc) is 2.50. The van der Waals surface area contributed by atoms with E-state index in [0.29, 0.717) is 10.6 Å². The van der Waals surface area contributed by atoms with Crippen LogP contribution in [-0.2, 0) is 9.84 Å². The highest BCUT2D eigenvalue weighted by Crippen LogP contribution is 2.23. The summed E-state index contributed by atoms with van der Waals surface area (Å²) in [6.45, 7) is 5.92. The Labute approximate surface area is 121 Å². The van der Waals surface area contributed by atoms with E-state index in [1.807, 2.05) is 20.8 Å². The Morgan fingerprint density at radius 1 is 0.800 bits per heavy atom. The smallest absolute Gasteiger partial charge is 0.206 e. The van der Waals surface area contributed by atoms with Crippen LogP contribution in [0.3, 0.4) is 0 Å². The number of hydrogen-bond acceptors (Lipinski definition) is 3. The lowest BCUT2D eigenvalue weighted by Crippen LogP contribution is -2.01. The summed E-state index contributed by atoms with van der Waals surface area (Å²) < 4.78 is 29.6. The highest BCUT2D eigenvalue weighted by molar-refractivity contribution is 7.91. The number of ether oxygens (including phenoxy) is 1. The fourth-order valence-corrected chi connectivity index (χ4v) is 2.87. The molecule has 0 bridgehead atoms. The van der Waals surface area contributed by atoms with Crippen molar-refractivity contribution in [3.05, 3.63) is 54.1 Å². The van der Waals surface area contributed by atoms with Crippen LogP contribution < -0.4 is 4.74 Å². The molecule has 0 saturated heterocycles. The van der Waals surface area contributed by atoms with Gasteiger partial charge in [-0.15, -0.1) is 0 Å². The summed E-state index contributed by atoms with van der Waals surface area (Å²) in [6.07, 6.45) is 0. The number of methoxy groups -OCH3 is 1. The Kier molecular flexibility index (Phi) is 5.77. The fraction of sp³-hybridized carbons (Fsp3) is 0.250. The van der Waals surface area contributed by atoms with Crippen molar-refractivity contribution in [3.63, 3.8) is 0 Å². The van der Waals surface area contributed by atoms with Crippen LogP contribution in [0, 0.1) is 6.92 Å². The van der Waals surface area contributed by atoms with Gasteiger partial charge in [0.05, 0.1) is 16.9 Å². The summed E-state index contributed by atoms with van der Waals surface area (Å²) in [5.74, 6) is 0.637. The number of hydrogen-bond donors (Lipinski definition) is 0. The van der Waals surface area contributed by atoms with Gasteiger partial charge in [0, 0.05) is 0 Å². The Hall–Kier alpha value is -1.81. The Balaban J connectivity index is 0.000000956. The van der Waals surface area contributed by atoms with Gasteiger partial charge in [-0.3, -0.25) is 0 Å². The zero-order valence-corrected chi connectivity index (χ0v) is 13.1. The zero-order valence-electron chi connectivity index (χ0n) is 12.3. The van der Waals surface area contributed by atoms with Crippen molar-refractivity contribution in [2.75, 3.05) is 7.11 Å². The molecule has 0 aliphatic carbocycles. The molecule has 0 heterocycles. The monoisotopic (exact) mass is 292 g/mol. The van der Waals surface area contributed by atoms with Crippen molar-refractivity contribution in [2.24, 2.45) is 0 Å². The second kappa shape index (κ2) is 7.10. The van der Waals surface area contributed by atoms with Crippen molar-refractivity contribution in [1.82, 2.24) is 0 Å². The van der Waals surface area contributed by atoms with Gasteiger partial charge in [-0.2, -0.15) is 0 Å². The maximum absolute atomic E-state index is 12.3. The number of aryl methyl sites for hydroxylation is 1. The van der Waals surface area contributed by atoms with Crippen molar-refractivity contribution in [1.29, 1.82) is 0 Å². The molecule has 2 rings (SSSR count). The Morgan fingerprint density at radius 3 is 1.60 bits per heavy atom. The maximum atomic E-state index is 12.3. The summed E-state index contributed by atoms with van der Waals surface area (Å²) in [5.41, 5.74) is 1.03. The molecule has 4 heteroatoms. The lowest BCUT2D eigenvalue weighted by atomic mass is 10.2. The molecule has 0 aliphatic heterocycles. The van der Waals surface area contributed by atoms with E-state index in [0.717, 1.165) is 5.56 Å². The minimum Gasteiger partial charge on any atom is -0.497 e. The molecule has 2 aromatic carbocycles. The van der Waals surface area contributed by atoms with Crippen molar-refractivity contribution in [2.45, 2.75) is 30.6 Å². The summed E-state index contributed by atoms with van der Waals surface area (Å²) in [4.78, 5) is 0.574. The van der Waals surface area contributed by atoms with Crippen LogP contribution in [-0.4, -0.2) is 15.5 Å². The Morgan fingerprint density at radius 2 is 1.20 bits per heavy atom. The van der Waals surface area contributed by atoms with E-state index < -0.39 is 9.84 Å². The first kappa shape index (κ1) is 16.2. The first-order valence-corrected chi connectivity index (χ1v) is 7.98. The molecule has 0 atom stereocenters. The third-order valence-corrected chi connectivity index (χ3v) is 4.49. The summed E-state index contributed by atoms with van der Waals surface area (Å²) in [5, 5.41) is 0. The lowest BCUT2D eigenvalue weighted by molar-refractivity contribution is 0.414. The highest BCUT2D eigenvalue weighted by atomic mass is 32.2. The molecule has 2 aromatic rings. The van der Waals surface area contributed by atoms with Crippen LogP contribution >= 0.6 is 0 Å². The SMILES string of the molecule is CC.COc1ccc(S(=O)(=O)c2ccc(C)cc2)cc1. The summed E-state index contributed by atoms with van der Waals surface area (Å²) >= 11 is 0. The Bertz CT molecular complexity index is 626. The molecular weight excluding hydrogens is 272 g/mol. The first-order chi connectivity index (χ1) is 9.54. The number of rotatable bonds is 3. The van der Waals surface area contributed by atoms with E-state index in [2.05, 4.69) is 0 Å². The van der Waals surface area contributed by atoms with E-state index in [9.17, 15) is 8.42 Å². The zero-order chi connectivity index (χ0) is 15.2. The predicted octanol–water partition coefficient (Wildman–Crippen LogP) is 3.86. The molecule has 0 saturated carbocycles. The van der Waals surface area contributed by atoms with Crippen LogP contribution in [0.4, 0.5) is 0 Å². The molecule has 0 fully saturated rings. The molecular formula is C16H20O3S. The normalized spacial score (nSPS) is 10.4. The van der Waals surface area contributed by atoms with Gasteiger partial charge >= 0.3 is 0 Å². The van der Waals surface area contributed by atoms with Crippen molar-refractivity contribution in [3.8, 4) is 5.75 Å². The second-order valence-electron chi connectivity index (χ2n) is 3.99. The molecule has 3 nitrogen and oxygen atoms in total. The van der Waals surface area contributed by atoms with E-state index in [-0.39, 0.29) is 4.90 Å². The third kappa shape index (κ3) is 3.61.